The zero-order valence-corrected chi connectivity index (χ0v) is 12.9. The van der Waals surface area contributed by atoms with Crippen LogP contribution in [-0.2, 0) is 0 Å². The molecule has 0 aliphatic heterocycles. The first-order valence-electron chi connectivity index (χ1n) is 3.19. The van der Waals surface area contributed by atoms with E-state index in [-0.39, 0.29) is 11.3 Å². The van der Waals surface area contributed by atoms with E-state index in [0.29, 0.717) is 10.7 Å². The van der Waals surface area contributed by atoms with Gasteiger partial charge in [-0.3, -0.25) is 0 Å². The maximum Gasteiger partial charge on any atom is 0.340 e. The summed E-state index contributed by atoms with van der Waals surface area (Å²) in [5.41, 5.74) is -0.257. The number of phenols is 2. The summed E-state index contributed by atoms with van der Waals surface area (Å²) in [5, 5.41) is 27.6. The van der Waals surface area contributed by atoms with Crippen molar-refractivity contribution in [2.24, 2.45) is 0 Å². The molecule has 0 saturated heterocycles. The highest BCUT2D eigenvalue weighted by atomic mass is 127. The van der Waals surface area contributed by atoms with E-state index in [4.69, 9.17) is 5.11 Å². The number of halogens is 3. The summed E-state index contributed by atoms with van der Waals surface area (Å²) in [6.45, 7) is 0. The Labute approximate surface area is 120 Å². The SMILES string of the molecule is O=C(O)c1c(O)c(O)c(I)c(I)c1I. The van der Waals surface area contributed by atoms with Crippen LogP contribution >= 0.6 is 67.8 Å². The monoisotopic (exact) mass is 532 g/mol. The normalized spacial score (nSPS) is 10.2. The van der Waals surface area contributed by atoms with Crippen LogP contribution in [0.25, 0.3) is 0 Å². The van der Waals surface area contributed by atoms with Gasteiger partial charge in [0.2, 0.25) is 0 Å². The molecule has 1 aromatic carbocycles. The maximum absolute atomic E-state index is 10.8. The van der Waals surface area contributed by atoms with Gasteiger partial charge in [-0.2, -0.15) is 0 Å². The average molecular weight is 532 g/mol. The van der Waals surface area contributed by atoms with Gasteiger partial charge < -0.3 is 15.3 Å². The molecule has 76 valence electrons. The van der Waals surface area contributed by atoms with Crippen LogP contribution in [0.4, 0.5) is 0 Å². The topological polar surface area (TPSA) is 77.8 Å². The van der Waals surface area contributed by atoms with E-state index < -0.39 is 11.7 Å². The number of benzene rings is 1. The Hall–Kier alpha value is 0.480. The molecule has 0 fully saturated rings. The third-order valence-electron chi connectivity index (χ3n) is 1.49. The minimum absolute atomic E-state index is 0.257. The zero-order valence-electron chi connectivity index (χ0n) is 6.38. The molecular weight excluding hydrogens is 529 g/mol. The van der Waals surface area contributed by atoms with Crippen LogP contribution in [0, 0.1) is 10.7 Å². The lowest BCUT2D eigenvalue weighted by Crippen LogP contribution is -2.04. The molecule has 0 bridgehead atoms. The van der Waals surface area contributed by atoms with Crippen LogP contribution < -0.4 is 0 Å². The molecule has 1 rings (SSSR count). The van der Waals surface area contributed by atoms with E-state index in [2.05, 4.69) is 0 Å². The molecule has 0 heterocycles. The summed E-state index contributed by atoms with van der Waals surface area (Å²) in [5.74, 6) is -2.21. The molecule has 0 saturated carbocycles. The second-order valence-electron chi connectivity index (χ2n) is 2.32. The quantitative estimate of drug-likeness (QED) is 0.296. The summed E-state index contributed by atoms with van der Waals surface area (Å²) in [6.07, 6.45) is 0. The molecule has 0 aliphatic rings. The van der Waals surface area contributed by atoms with E-state index in [1.807, 2.05) is 67.8 Å². The highest BCUT2D eigenvalue weighted by Gasteiger charge is 2.23. The Morgan fingerprint density at radius 2 is 1.43 bits per heavy atom. The second-order valence-corrected chi connectivity index (χ2v) is 5.56. The third-order valence-corrected chi connectivity index (χ3v) is 6.76. The predicted molar refractivity (Wildman–Crippen MR) is 74.9 cm³/mol. The van der Waals surface area contributed by atoms with Gasteiger partial charge in [0.15, 0.2) is 11.5 Å². The number of carbonyl (C=O) groups is 1. The number of carboxylic acids is 1. The lowest BCUT2D eigenvalue weighted by atomic mass is 10.2. The number of hydrogen-bond donors (Lipinski definition) is 3. The highest BCUT2D eigenvalue weighted by molar-refractivity contribution is 14.1. The molecule has 0 aromatic heterocycles. The highest BCUT2D eigenvalue weighted by Crippen LogP contribution is 2.40. The smallest absolute Gasteiger partial charge is 0.340 e. The summed E-state index contributed by atoms with van der Waals surface area (Å²) in [6, 6.07) is 0. The fraction of sp³-hybridized carbons (Fsp3) is 0. The molecule has 14 heavy (non-hydrogen) atoms. The lowest BCUT2D eigenvalue weighted by molar-refractivity contribution is 0.0691. The first kappa shape index (κ1) is 12.5. The Bertz CT molecular complexity index is 387. The number of aromatic hydroxyl groups is 2. The maximum atomic E-state index is 10.8. The molecule has 0 amide bonds. The van der Waals surface area contributed by atoms with Crippen LogP contribution in [-0.4, -0.2) is 21.3 Å². The van der Waals surface area contributed by atoms with E-state index in [0.717, 1.165) is 0 Å². The summed E-state index contributed by atoms with van der Waals surface area (Å²) >= 11 is 5.59. The van der Waals surface area contributed by atoms with E-state index in [9.17, 15) is 15.0 Å². The molecule has 0 radical (unpaired) electrons. The first-order valence-corrected chi connectivity index (χ1v) is 6.43. The van der Waals surface area contributed by atoms with Crippen molar-refractivity contribution in [3.05, 3.63) is 16.3 Å². The number of phenolic OH excluding ortho intramolecular Hbond substituents is 1. The van der Waals surface area contributed by atoms with Gasteiger partial charge in [0.25, 0.3) is 0 Å². The van der Waals surface area contributed by atoms with Crippen molar-refractivity contribution in [3.8, 4) is 11.5 Å². The van der Waals surface area contributed by atoms with Gasteiger partial charge in [-0.25, -0.2) is 4.79 Å². The van der Waals surface area contributed by atoms with Crippen LogP contribution in [0.15, 0.2) is 0 Å². The minimum atomic E-state index is -1.25. The van der Waals surface area contributed by atoms with E-state index in [1.165, 1.54) is 0 Å². The molecule has 7 heteroatoms. The number of hydrogen-bond acceptors (Lipinski definition) is 3. The summed E-state index contributed by atoms with van der Waals surface area (Å²) in [4.78, 5) is 10.8. The third kappa shape index (κ3) is 2.03. The van der Waals surface area contributed by atoms with Crippen molar-refractivity contribution >= 4 is 73.7 Å². The van der Waals surface area contributed by atoms with E-state index >= 15 is 0 Å². The fourth-order valence-corrected chi connectivity index (χ4v) is 3.15. The van der Waals surface area contributed by atoms with Crippen LogP contribution in [0.5, 0.6) is 11.5 Å². The van der Waals surface area contributed by atoms with Gasteiger partial charge in [-0.15, -0.1) is 0 Å². The lowest BCUT2D eigenvalue weighted by Gasteiger charge is -2.09. The second kappa shape index (κ2) is 4.55. The van der Waals surface area contributed by atoms with Crippen LogP contribution in [0.3, 0.4) is 0 Å². The Balaban J connectivity index is 3.68. The van der Waals surface area contributed by atoms with Crippen LogP contribution in [0.1, 0.15) is 10.4 Å². The summed E-state index contributed by atoms with van der Waals surface area (Å²) in [7, 11) is 0. The molecule has 4 nitrogen and oxygen atoms in total. The molecule has 0 unspecified atom stereocenters. The minimum Gasteiger partial charge on any atom is -0.504 e. The largest absolute Gasteiger partial charge is 0.504 e. The summed E-state index contributed by atoms with van der Waals surface area (Å²) < 4.78 is 1.50. The van der Waals surface area contributed by atoms with Gasteiger partial charge in [-0.05, 0) is 67.8 Å². The molecule has 0 spiro atoms. The number of rotatable bonds is 1. The van der Waals surface area contributed by atoms with Crippen molar-refractivity contribution in [1.29, 1.82) is 0 Å². The first-order chi connectivity index (χ1) is 6.37. The predicted octanol–water partition coefficient (Wildman–Crippen LogP) is 2.61. The zero-order chi connectivity index (χ0) is 11.0. The van der Waals surface area contributed by atoms with Crippen molar-refractivity contribution in [1.82, 2.24) is 0 Å². The van der Waals surface area contributed by atoms with Crippen molar-refractivity contribution in [2.75, 3.05) is 0 Å². The van der Waals surface area contributed by atoms with Gasteiger partial charge in [0.1, 0.15) is 5.56 Å². The Morgan fingerprint density at radius 1 is 0.929 bits per heavy atom. The standard InChI is InChI=1S/C7H3I3O4/c8-2-1(7(13)14)5(11)6(12)4(10)3(2)9/h11-12H,(H,13,14). The number of carboxylic acid groups (broad SMARTS) is 1. The van der Waals surface area contributed by atoms with Gasteiger partial charge in [-0.1, -0.05) is 0 Å². The van der Waals surface area contributed by atoms with Gasteiger partial charge in [0, 0.05) is 7.14 Å². The van der Waals surface area contributed by atoms with Crippen LogP contribution in [0.2, 0.25) is 0 Å². The van der Waals surface area contributed by atoms with Crippen molar-refractivity contribution in [3.63, 3.8) is 0 Å². The van der Waals surface area contributed by atoms with Gasteiger partial charge >= 0.3 is 5.97 Å². The molecule has 3 N–H and O–H groups in total. The van der Waals surface area contributed by atoms with Gasteiger partial charge in [0.05, 0.1) is 3.57 Å². The molecule has 0 aliphatic carbocycles. The average Bonchev–Trinajstić information content (AvgIpc) is 2.11. The Morgan fingerprint density at radius 3 is 1.86 bits per heavy atom. The van der Waals surface area contributed by atoms with E-state index in [1.54, 1.807) is 0 Å². The molecule has 0 atom stereocenters. The number of aromatic carboxylic acids is 1. The van der Waals surface area contributed by atoms with Crippen molar-refractivity contribution in [2.45, 2.75) is 0 Å². The molecular formula is C7H3I3O4. The van der Waals surface area contributed by atoms with Crippen molar-refractivity contribution < 1.29 is 20.1 Å². The Kier molecular flexibility index (Phi) is 4.08. The fourth-order valence-electron chi connectivity index (χ4n) is 0.832. The molecule has 1 aromatic rings.